The molecule has 0 radical (unpaired) electrons. The van der Waals surface area contributed by atoms with E-state index in [-0.39, 0.29) is 0 Å². The first kappa shape index (κ1) is 11.5. The van der Waals surface area contributed by atoms with Crippen molar-refractivity contribution < 1.29 is 0 Å². The number of anilines is 1. The number of hydrogen-bond donors (Lipinski definition) is 1. The Hall–Kier alpha value is -1.02. The van der Waals surface area contributed by atoms with Crippen LogP contribution in [0.25, 0.3) is 0 Å². The Balaban J connectivity index is 2.34. The van der Waals surface area contributed by atoms with Crippen LogP contribution in [-0.4, -0.2) is 19.6 Å². The number of benzene rings is 1. The summed E-state index contributed by atoms with van der Waals surface area (Å²) in [7, 11) is 0. The molecule has 0 aliphatic carbocycles. The van der Waals surface area contributed by atoms with Crippen LogP contribution in [0.2, 0.25) is 0 Å². The van der Waals surface area contributed by atoms with E-state index in [9.17, 15) is 0 Å². The van der Waals surface area contributed by atoms with Crippen molar-refractivity contribution in [2.75, 3.05) is 24.5 Å². The lowest BCUT2D eigenvalue weighted by Crippen LogP contribution is -2.21. The molecular formula is C14H22N2. The highest BCUT2D eigenvalue weighted by Crippen LogP contribution is 2.30. The molecule has 1 aliphatic heterocycles. The molecule has 0 bridgehead atoms. The van der Waals surface area contributed by atoms with Gasteiger partial charge in [-0.3, -0.25) is 0 Å². The van der Waals surface area contributed by atoms with Crippen LogP contribution in [0.1, 0.15) is 36.8 Å². The molecule has 2 heteroatoms. The van der Waals surface area contributed by atoms with Crippen molar-refractivity contribution in [1.82, 2.24) is 0 Å². The third-order valence-corrected chi connectivity index (χ3v) is 3.51. The van der Waals surface area contributed by atoms with Crippen molar-refractivity contribution in [3.63, 3.8) is 0 Å². The summed E-state index contributed by atoms with van der Waals surface area (Å²) in [6.45, 7) is 7.50. The quantitative estimate of drug-likeness (QED) is 0.845. The summed E-state index contributed by atoms with van der Waals surface area (Å²) in [5.41, 5.74) is 9.96. The van der Waals surface area contributed by atoms with E-state index in [0.29, 0.717) is 5.92 Å². The van der Waals surface area contributed by atoms with E-state index in [1.165, 1.54) is 42.7 Å². The van der Waals surface area contributed by atoms with Gasteiger partial charge in [0.2, 0.25) is 0 Å². The topological polar surface area (TPSA) is 29.3 Å². The molecular weight excluding hydrogens is 196 g/mol. The third kappa shape index (κ3) is 2.22. The first-order chi connectivity index (χ1) is 7.72. The van der Waals surface area contributed by atoms with Gasteiger partial charge in [0.25, 0.3) is 0 Å². The van der Waals surface area contributed by atoms with Crippen LogP contribution in [0.5, 0.6) is 0 Å². The van der Waals surface area contributed by atoms with Gasteiger partial charge in [0.15, 0.2) is 0 Å². The molecule has 1 aliphatic rings. The molecule has 1 atom stereocenters. The van der Waals surface area contributed by atoms with E-state index < -0.39 is 0 Å². The lowest BCUT2D eigenvalue weighted by atomic mass is 9.97. The van der Waals surface area contributed by atoms with Crippen molar-refractivity contribution in [2.45, 2.75) is 32.6 Å². The van der Waals surface area contributed by atoms with Gasteiger partial charge >= 0.3 is 0 Å². The second-order valence-corrected chi connectivity index (χ2v) is 4.89. The summed E-state index contributed by atoms with van der Waals surface area (Å²) in [6, 6.07) is 6.77. The van der Waals surface area contributed by atoms with Gasteiger partial charge in [0.05, 0.1) is 0 Å². The number of rotatable bonds is 3. The summed E-state index contributed by atoms with van der Waals surface area (Å²) in [4.78, 5) is 2.50. The van der Waals surface area contributed by atoms with Gasteiger partial charge in [-0.1, -0.05) is 24.6 Å². The van der Waals surface area contributed by atoms with E-state index >= 15 is 0 Å². The SMILES string of the molecule is Cc1ccc(N2CCCC2)c(C(C)CN)c1. The van der Waals surface area contributed by atoms with Crippen LogP contribution in [0.3, 0.4) is 0 Å². The Morgan fingerprint density at radius 3 is 2.62 bits per heavy atom. The average Bonchev–Trinajstić information content (AvgIpc) is 2.81. The first-order valence-corrected chi connectivity index (χ1v) is 6.28. The molecule has 0 spiro atoms. The monoisotopic (exact) mass is 218 g/mol. The Labute approximate surface area is 98.4 Å². The summed E-state index contributed by atoms with van der Waals surface area (Å²) in [6.07, 6.45) is 2.65. The van der Waals surface area contributed by atoms with Crippen molar-refractivity contribution in [3.8, 4) is 0 Å². The number of nitrogens with zero attached hydrogens (tertiary/aromatic N) is 1. The Kier molecular flexibility index (Phi) is 3.49. The first-order valence-electron chi connectivity index (χ1n) is 6.28. The van der Waals surface area contributed by atoms with Crippen LogP contribution < -0.4 is 10.6 Å². The summed E-state index contributed by atoms with van der Waals surface area (Å²) < 4.78 is 0. The van der Waals surface area contributed by atoms with Gasteiger partial charge in [-0.05, 0) is 43.9 Å². The van der Waals surface area contributed by atoms with E-state index in [4.69, 9.17) is 5.73 Å². The lowest BCUT2D eigenvalue weighted by molar-refractivity contribution is 0.765. The lowest BCUT2D eigenvalue weighted by Gasteiger charge is -2.24. The molecule has 1 fully saturated rings. The van der Waals surface area contributed by atoms with Crippen LogP contribution in [-0.2, 0) is 0 Å². The molecule has 1 aromatic rings. The van der Waals surface area contributed by atoms with Crippen LogP contribution in [0.4, 0.5) is 5.69 Å². The highest BCUT2D eigenvalue weighted by Gasteiger charge is 2.18. The summed E-state index contributed by atoms with van der Waals surface area (Å²) >= 11 is 0. The summed E-state index contributed by atoms with van der Waals surface area (Å²) in [5, 5.41) is 0. The second kappa shape index (κ2) is 4.88. The van der Waals surface area contributed by atoms with Gasteiger partial charge in [-0.15, -0.1) is 0 Å². The Morgan fingerprint density at radius 2 is 2.00 bits per heavy atom. The van der Waals surface area contributed by atoms with Crippen LogP contribution in [0, 0.1) is 6.92 Å². The van der Waals surface area contributed by atoms with Crippen molar-refractivity contribution in [3.05, 3.63) is 29.3 Å². The van der Waals surface area contributed by atoms with Gasteiger partial charge < -0.3 is 10.6 Å². The van der Waals surface area contributed by atoms with Gasteiger partial charge in [-0.2, -0.15) is 0 Å². The molecule has 0 saturated carbocycles. The molecule has 0 aromatic heterocycles. The maximum absolute atomic E-state index is 5.80. The fourth-order valence-electron chi connectivity index (χ4n) is 2.44. The normalized spacial score (nSPS) is 17.8. The zero-order valence-corrected chi connectivity index (χ0v) is 10.4. The van der Waals surface area contributed by atoms with Crippen LogP contribution >= 0.6 is 0 Å². The standard InChI is InChI=1S/C14H22N2/c1-11-5-6-14(16-7-3-4-8-16)13(9-11)12(2)10-15/h5-6,9,12H,3-4,7-8,10,15H2,1-2H3. The summed E-state index contributed by atoms with van der Waals surface area (Å²) in [5.74, 6) is 0.454. The van der Waals surface area contributed by atoms with Crippen LogP contribution in [0.15, 0.2) is 18.2 Å². The van der Waals surface area contributed by atoms with Crippen molar-refractivity contribution in [2.24, 2.45) is 5.73 Å². The number of hydrogen-bond acceptors (Lipinski definition) is 2. The third-order valence-electron chi connectivity index (χ3n) is 3.51. The van der Waals surface area contributed by atoms with Crippen molar-refractivity contribution >= 4 is 5.69 Å². The minimum Gasteiger partial charge on any atom is -0.371 e. The highest BCUT2D eigenvalue weighted by molar-refractivity contribution is 5.57. The fourth-order valence-corrected chi connectivity index (χ4v) is 2.44. The Bertz CT molecular complexity index is 354. The Morgan fingerprint density at radius 1 is 1.31 bits per heavy atom. The van der Waals surface area contributed by atoms with Gasteiger partial charge in [0.1, 0.15) is 0 Å². The zero-order chi connectivity index (χ0) is 11.5. The highest BCUT2D eigenvalue weighted by atomic mass is 15.1. The molecule has 1 heterocycles. The van der Waals surface area contributed by atoms with E-state index in [2.05, 4.69) is 36.9 Å². The molecule has 2 rings (SSSR count). The average molecular weight is 218 g/mol. The number of aryl methyl sites for hydroxylation is 1. The molecule has 88 valence electrons. The van der Waals surface area contributed by atoms with Gasteiger partial charge in [0, 0.05) is 18.8 Å². The van der Waals surface area contributed by atoms with E-state index in [1.54, 1.807) is 0 Å². The van der Waals surface area contributed by atoms with Gasteiger partial charge in [-0.25, -0.2) is 0 Å². The predicted octanol–water partition coefficient (Wildman–Crippen LogP) is 2.66. The fraction of sp³-hybridized carbons (Fsp3) is 0.571. The molecule has 1 saturated heterocycles. The maximum Gasteiger partial charge on any atom is 0.0402 e. The van der Waals surface area contributed by atoms with Crippen molar-refractivity contribution in [1.29, 1.82) is 0 Å². The minimum atomic E-state index is 0.454. The number of nitrogens with two attached hydrogens (primary N) is 1. The second-order valence-electron chi connectivity index (χ2n) is 4.89. The molecule has 0 amide bonds. The minimum absolute atomic E-state index is 0.454. The molecule has 1 unspecified atom stereocenters. The smallest absolute Gasteiger partial charge is 0.0402 e. The maximum atomic E-state index is 5.80. The largest absolute Gasteiger partial charge is 0.371 e. The predicted molar refractivity (Wildman–Crippen MR) is 70.1 cm³/mol. The molecule has 2 N–H and O–H groups in total. The van der Waals surface area contributed by atoms with E-state index in [0.717, 1.165) is 6.54 Å². The molecule has 1 aromatic carbocycles. The zero-order valence-electron chi connectivity index (χ0n) is 10.4. The molecule has 2 nitrogen and oxygen atoms in total. The van der Waals surface area contributed by atoms with E-state index in [1.807, 2.05) is 0 Å². The molecule has 16 heavy (non-hydrogen) atoms.